The number of aromatic amines is 1. The van der Waals surface area contributed by atoms with Crippen LogP contribution in [0.3, 0.4) is 0 Å². The fourth-order valence-corrected chi connectivity index (χ4v) is 3.20. The number of fused-ring (bicyclic) bond motifs is 3. The van der Waals surface area contributed by atoms with Gasteiger partial charge < -0.3 is 9.99 Å². The SMILES string of the molecule is CCCN1CCN(n2cnc3cnc4[nH]ccc4c32)CC1. The van der Waals surface area contributed by atoms with Gasteiger partial charge in [-0.25, -0.2) is 14.6 Å². The minimum atomic E-state index is 0.925. The Morgan fingerprint density at radius 1 is 1.19 bits per heavy atom. The molecule has 0 radical (unpaired) electrons. The van der Waals surface area contributed by atoms with Gasteiger partial charge in [0.1, 0.15) is 23.0 Å². The minimum absolute atomic E-state index is 0.925. The first-order chi connectivity index (χ1) is 10.4. The van der Waals surface area contributed by atoms with Gasteiger partial charge in [-0.3, -0.25) is 4.90 Å². The second kappa shape index (κ2) is 5.04. The Bertz CT molecular complexity index is 750. The van der Waals surface area contributed by atoms with Crippen LogP contribution in [0.5, 0.6) is 0 Å². The van der Waals surface area contributed by atoms with Crippen LogP contribution in [0.4, 0.5) is 0 Å². The number of rotatable bonds is 3. The van der Waals surface area contributed by atoms with Crippen LogP contribution in [-0.4, -0.2) is 57.3 Å². The van der Waals surface area contributed by atoms with Crippen LogP contribution in [0.25, 0.3) is 22.1 Å². The summed E-state index contributed by atoms with van der Waals surface area (Å²) >= 11 is 0. The molecule has 6 nitrogen and oxygen atoms in total. The zero-order chi connectivity index (χ0) is 14.2. The van der Waals surface area contributed by atoms with Crippen LogP contribution in [0, 0.1) is 0 Å². The van der Waals surface area contributed by atoms with Gasteiger partial charge in [-0.05, 0) is 19.0 Å². The largest absolute Gasteiger partial charge is 0.346 e. The highest BCUT2D eigenvalue weighted by Crippen LogP contribution is 2.22. The summed E-state index contributed by atoms with van der Waals surface area (Å²) < 4.78 is 2.20. The Kier molecular flexibility index (Phi) is 3.03. The highest BCUT2D eigenvalue weighted by atomic mass is 15.6. The maximum Gasteiger partial charge on any atom is 0.139 e. The molecule has 1 fully saturated rings. The van der Waals surface area contributed by atoms with Gasteiger partial charge in [-0.2, -0.15) is 0 Å². The fourth-order valence-electron chi connectivity index (χ4n) is 3.20. The number of hydrogen-bond donors (Lipinski definition) is 1. The van der Waals surface area contributed by atoms with Crippen molar-refractivity contribution >= 4 is 22.1 Å². The van der Waals surface area contributed by atoms with Gasteiger partial charge in [-0.15, -0.1) is 0 Å². The summed E-state index contributed by atoms with van der Waals surface area (Å²) in [6.07, 6.45) is 6.93. The highest BCUT2D eigenvalue weighted by molar-refractivity contribution is 6.01. The molecule has 1 aliphatic heterocycles. The Morgan fingerprint density at radius 3 is 2.86 bits per heavy atom. The number of nitrogens with zero attached hydrogens (tertiary/aromatic N) is 5. The van der Waals surface area contributed by atoms with E-state index in [-0.39, 0.29) is 0 Å². The van der Waals surface area contributed by atoms with E-state index in [9.17, 15) is 0 Å². The number of H-pyrrole nitrogens is 1. The standard InChI is InChI=1S/C15H20N6/c1-2-5-19-6-8-20(9-7-19)21-11-18-13-10-17-15-12(14(13)21)3-4-16-15/h3-4,10-11H,2,5-9H2,1H3,(H,16,17). The second-order valence-corrected chi connectivity index (χ2v) is 5.62. The predicted molar refractivity (Wildman–Crippen MR) is 84.1 cm³/mol. The Balaban J connectivity index is 1.69. The van der Waals surface area contributed by atoms with Gasteiger partial charge in [0.05, 0.1) is 6.20 Å². The van der Waals surface area contributed by atoms with Crippen LogP contribution in [0.15, 0.2) is 24.8 Å². The van der Waals surface area contributed by atoms with Crippen LogP contribution >= 0.6 is 0 Å². The first kappa shape index (κ1) is 12.6. The van der Waals surface area contributed by atoms with Gasteiger partial charge in [-0.1, -0.05) is 6.92 Å². The third kappa shape index (κ3) is 2.06. The third-order valence-electron chi connectivity index (χ3n) is 4.27. The molecule has 0 saturated carbocycles. The predicted octanol–water partition coefficient (Wildman–Crippen LogP) is 1.58. The van der Waals surface area contributed by atoms with Crippen molar-refractivity contribution in [3.8, 4) is 0 Å². The molecule has 0 atom stereocenters. The molecule has 1 aliphatic rings. The molecule has 4 rings (SSSR count). The summed E-state index contributed by atoms with van der Waals surface area (Å²) in [7, 11) is 0. The van der Waals surface area contributed by atoms with E-state index < -0.39 is 0 Å². The minimum Gasteiger partial charge on any atom is -0.346 e. The van der Waals surface area contributed by atoms with E-state index in [0.717, 1.165) is 48.2 Å². The van der Waals surface area contributed by atoms with Crippen molar-refractivity contribution in [1.29, 1.82) is 0 Å². The smallest absolute Gasteiger partial charge is 0.139 e. The van der Waals surface area contributed by atoms with E-state index in [1.165, 1.54) is 13.0 Å². The molecule has 0 unspecified atom stereocenters. The van der Waals surface area contributed by atoms with Gasteiger partial charge in [0.2, 0.25) is 0 Å². The van der Waals surface area contributed by atoms with E-state index in [1.54, 1.807) is 0 Å². The van der Waals surface area contributed by atoms with Crippen LogP contribution in [0.1, 0.15) is 13.3 Å². The van der Waals surface area contributed by atoms with Crippen molar-refractivity contribution in [3.05, 3.63) is 24.8 Å². The Morgan fingerprint density at radius 2 is 2.05 bits per heavy atom. The molecule has 6 heteroatoms. The average Bonchev–Trinajstić information content (AvgIpc) is 3.14. The molecule has 110 valence electrons. The van der Waals surface area contributed by atoms with Crippen LogP contribution in [0.2, 0.25) is 0 Å². The quantitative estimate of drug-likeness (QED) is 0.793. The molecular formula is C15H20N6. The Hall–Kier alpha value is -2.08. The molecule has 0 bridgehead atoms. The lowest BCUT2D eigenvalue weighted by Crippen LogP contribution is -2.50. The van der Waals surface area contributed by atoms with Crippen LogP contribution < -0.4 is 5.01 Å². The number of hydrogen-bond acceptors (Lipinski definition) is 4. The van der Waals surface area contributed by atoms with Gasteiger partial charge >= 0.3 is 0 Å². The van der Waals surface area contributed by atoms with E-state index >= 15 is 0 Å². The summed E-state index contributed by atoms with van der Waals surface area (Å²) in [5, 5.41) is 3.52. The molecule has 0 spiro atoms. The molecular weight excluding hydrogens is 264 g/mol. The van der Waals surface area contributed by atoms with E-state index in [1.807, 2.05) is 18.7 Å². The lowest BCUT2D eigenvalue weighted by atomic mass is 10.3. The molecule has 3 aromatic heterocycles. The van der Waals surface area contributed by atoms with Gasteiger partial charge in [0.15, 0.2) is 0 Å². The third-order valence-corrected chi connectivity index (χ3v) is 4.27. The topological polar surface area (TPSA) is 53.0 Å². The van der Waals surface area contributed by atoms with E-state index in [4.69, 9.17) is 0 Å². The molecule has 1 N–H and O–H groups in total. The number of aromatic nitrogens is 4. The fraction of sp³-hybridized carbons (Fsp3) is 0.467. The molecule has 1 saturated heterocycles. The van der Waals surface area contributed by atoms with Gasteiger partial charge in [0, 0.05) is 37.8 Å². The van der Waals surface area contributed by atoms with Crippen LogP contribution in [-0.2, 0) is 0 Å². The summed E-state index contributed by atoms with van der Waals surface area (Å²) in [4.78, 5) is 14.6. The number of piperazine rings is 1. The molecule has 0 aromatic carbocycles. The van der Waals surface area contributed by atoms with E-state index in [2.05, 4.69) is 42.5 Å². The molecule has 4 heterocycles. The van der Waals surface area contributed by atoms with Gasteiger partial charge in [0.25, 0.3) is 0 Å². The van der Waals surface area contributed by atoms with Crippen molar-refractivity contribution in [2.45, 2.75) is 13.3 Å². The summed E-state index contributed by atoms with van der Waals surface area (Å²) in [6.45, 7) is 7.76. The van der Waals surface area contributed by atoms with E-state index in [0.29, 0.717) is 0 Å². The maximum atomic E-state index is 4.51. The monoisotopic (exact) mass is 284 g/mol. The van der Waals surface area contributed by atoms with Crippen molar-refractivity contribution in [2.24, 2.45) is 0 Å². The van der Waals surface area contributed by atoms with Crippen molar-refractivity contribution in [3.63, 3.8) is 0 Å². The molecule has 3 aromatic rings. The molecule has 0 amide bonds. The number of nitrogens with one attached hydrogen (secondary N) is 1. The molecule has 0 aliphatic carbocycles. The lowest BCUT2D eigenvalue weighted by molar-refractivity contribution is 0.242. The first-order valence-electron chi connectivity index (χ1n) is 7.63. The first-order valence-corrected chi connectivity index (χ1v) is 7.63. The summed E-state index contributed by atoms with van der Waals surface area (Å²) in [5.41, 5.74) is 3.04. The van der Waals surface area contributed by atoms with Crippen molar-refractivity contribution < 1.29 is 0 Å². The van der Waals surface area contributed by atoms with Crippen molar-refractivity contribution in [1.82, 2.24) is 24.5 Å². The normalized spacial score (nSPS) is 17.1. The zero-order valence-electron chi connectivity index (χ0n) is 12.3. The van der Waals surface area contributed by atoms with Crippen molar-refractivity contribution in [2.75, 3.05) is 37.7 Å². The molecule has 21 heavy (non-hydrogen) atoms. The highest BCUT2D eigenvalue weighted by Gasteiger charge is 2.19. The summed E-state index contributed by atoms with van der Waals surface area (Å²) in [5.74, 6) is 0. The second-order valence-electron chi connectivity index (χ2n) is 5.62. The number of pyridine rings is 1. The summed E-state index contributed by atoms with van der Waals surface area (Å²) in [6, 6.07) is 2.08. The zero-order valence-corrected chi connectivity index (χ0v) is 12.3. The maximum absolute atomic E-state index is 4.51. The Labute approximate surface area is 123 Å². The lowest BCUT2D eigenvalue weighted by Gasteiger charge is -2.36. The average molecular weight is 284 g/mol. The number of imidazole rings is 1.